The van der Waals surface area contributed by atoms with E-state index in [1.165, 1.54) is 18.4 Å². The predicted molar refractivity (Wildman–Crippen MR) is 90.3 cm³/mol. The summed E-state index contributed by atoms with van der Waals surface area (Å²) in [4.78, 5) is 19.4. The van der Waals surface area contributed by atoms with Crippen molar-refractivity contribution in [2.24, 2.45) is 10.4 Å². The van der Waals surface area contributed by atoms with Crippen molar-refractivity contribution in [2.75, 3.05) is 6.54 Å². The number of benzene rings is 1. The monoisotopic (exact) mass is 312 g/mol. The van der Waals surface area contributed by atoms with Gasteiger partial charge in [-0.25, -0.2) is 4.79 Å². The van der Waals surface area contributed by atoms with Crippen LogP contribution in [-0.2, 0) is 11.2 Å². The highest BCUT2D eigenvalue weighted by Crippen LogP contribution is 2.55. The van der Waals surface area contributed by atoms with Crippen LogP contribution >= 0.6 is 0 Å². The quantitative estimate of drug-likeness (QED) is 0.783. The van der Waals surface area contributed by atoms with E-state index >= 15 is 0 Å². The molecule has 0 bridgehead atoms. The largest absolute Gasteiger partial charge is 0.444 e. The van der Waals surface area contributed by atoms with Crippen LogP contribution in [0.1, 0.15) is 45.6 Å². The number of carbonyl (C=O) groups is 1. The van der Waals surface area contributed by atoms with E-state index in [9.17, 15) is 4.79 Å². The van der Waals surface area contributed by atoms with E-state index in [1.54, 1.807) is 0 Å². The first-order chi connectivity index (χ1) is 10.9. The fourth-order valence-corrected chi connectivity index (χ4v) is 3.76. The van der Waals surface area contributed by atoms with Crippen molar-refractivity contribution in [1.29, 1.82) is 0 Å². The Morgan fingerprint density at radius 3 is 2.70 bits per heavy atom. The third-order valence-electron chi connectivity index (χ3n) is 5.11. The number of amides is 1. The molecule has 1 amide bonds. The zero-order valence-corrected chi connectivity index (χ0v) is 14.1. The lowest BCUT2D eigenvalue weighted by Crippen LogP contribution is -2.43. The van der Waals surface area contributed by atoms with Crippen molar-refractivity contribution in [3.63, 3.8) is 0 Å². The van der Waals surface area contributed by atoms with Crippen LogP contribution in [0.2, 0.25) is 0 Å². The molecule has 4 heteroatoms. The van der Waals surface area contributed by atoms with Gasteiger partial charge in [-0.05, 0) is 57.1 Å². The molecule has 2 heterocycles. The zero-order chi connectivity index (χ0) is 16.2. The molecule has 1 aromatic rings. The van der Waals surface area contributed by atoms with E-state index in [4.69, 9.17) is 9.73 Å². The molecule has 1 aromatic carbocycles. The van der Waals surface area contributed by atoms with E-state index < -0.39 is 5.60 Å². The minimum atomic E-state index is -0.457. The summed E-state index contributed by atoms with van der Waals surface area (Å²) in [6.45, 7) is 6.59. The Kier molecular flexibility index (Phi) is 3.09. The van der Waals surface area contributed by atoms with Crippen LogP contribution in [0, 0.1) is 5.41 Å². The second-order valence-corrected chi connectivity index (χ2v) is 8.24. The first kappa shape index (κ1) is 14.7. The van der Waals surface area contributed by atoms with Crippen LogP contribution in [0.3, 0.4) is 0 Å². The second kappa shape index (κ2) is 4.83. The molecule has 1 saturated heterocycles. The lowest BCUT2D eigenvalue weighted by Gasteiger charge is -2.28. The van der Waals surface area contributed by atoms with Gasteiger partial charge in [-0.3, -0.25) is 9.89 Å². The maximum absolute atomic E-state index is 12.7. The average molecular weight is 312 g/mol. The van der Waals surface area contributed by atoms with E-state index in [2.05, 4.69) is 18.2 Å². The van der Waals surface area contributed by atoms with Crippen LogP contribution in [-0.4, -0.2) is 34.9 Å². The van der Waals surface area contributed by atoms with Crippen molar-refractivity contribution in [2.45, 2.75) is 58.1 Å². The number of fused-ring (bicyclic) bond motifs is 1. The summed E-state index contributed by atoms with van der Waals surface area (Å²) in [5.74, 6) is 0. The molecular formula is C19H24N2O2. The summed E-state index contributed by atoms with van der Waals surface area (Å²) in [5.41, 5.74) is 3.33. The number of hydrogen-bond acceptors (Lipinski definition) is 3. The normalized spacial score (nSPS) is 24.6. The zero-order valence-electron chi connectivity index (χ0n) is 14.1. The van der Waals surface area contributed by atoms with E-state index in [0.29, 0.717) is 5.41 Å². The van der Waals surface area contributed by atoms with E-state index in [0.717, 1.165) is 30.8 Å². The smallest absolute Gasteiger partial charge is 0.410 e. The highest BCUT2D eigenvalue weighted by molar-refractivity contribution is 5.99. The molecule has 0 aromatic heterocycles. The molecule has 2 aliphatic heterocycles. The number of ether oxygens (including phenoxy) is 1. The summed E-state index contributed by atoms with van der Waals surface area (Å²) in [5, 5.41) is 0. The van der Waals surface area contributed by atoms with Gasteiger partial charge in [0.25, 0.3) is 0 Å². The summed E-state index contributed by atoms with van der Waals surface area (Å²) >= 11 is 0. The highest BCUT2D eigenvalue weighted by atomic mass is 16.6. The van der Waals surface area contributed by atoms with Gasteiger partial charge in [0.05, 0.1) is 11.7 Å². The van der Waals surface area contributed by atoms with E-state index in [-0.39, 0.29) is 12.1 Å². The number of aliphatic imine (C=N–C) groups is 1. The number of para-hydroxylation sites is 1. The van der Waals surface area contributed by atoms with Gasteiger partial charge >= 0.3 is 6.09 Å². The van der Waals surface area contributed by atoms with Crippen LogP contribution in [0.4, 0.5) is 10.5 Å². The Morgan fingerprint density at radius 2 is 2.04 bits per heavy atom. The fraction of sp³-hybridized carbons (Fsp3) is 0.579. The van der Waals surface area contributed by atoms with Gasteiger partial charge in [0.1, 0.15) is 5.60 Å². The Morgan fingerprint density at radius 1 is 1.30 bits per heavy atom. The lowest BCUT2D eigenvalue weighted by atomic mass is 9.98. The molecule has 0 unspecified atom stereocenters. The molecule has 3 aliphatic rings. The molecule has 23 heavy (non-hydrogen) atoms. The number of nitrogens with zero attached hydrogens (tertiary/aromatic N) is 2. The molecule has 0 radical (unpaired) electrons. The highest BCUT2D eigenvalue weighted by Gasteiger charge is 2.55. The van der Waals surface area contributed by atoms with Gasteiger partial charge in [-0.2, -0.15) is 0 Å². The molecule has 4 rings (SSSR count). The first-order valence-corrected chi connectivity index (χ1v) is 8.50. The van der Waals surface area contributed by atoms with Gasteiger partial charge in [0, 0.05) is 18.7 Å². The molecular weight excluding hydrogens is 288 g/mol. The lowest BCUT2D eigenvalue weighted by molar-refractivity contribution is 0.0257. The van der Waals surface area contributed by atoms with Gasteiger partial charge in [0.2, 0.25) is 0 Å². The number of likely N-dealkylation sites (tertiary alicyclic amines) is 1. The van der Waals surface area contributed by atoms with Gasteiger partial charge in [-0.1, -0.05) is 18.2 Å². The van der Waals surface area contributed by atoms with Crippen LogP contribution in [0.15, 0.2) is 29.3 Å². The predicted octanol–water partition coefficient (Wildman–Crippen LogP) is 4.10. The first-order valence-electron chi connectivity index (χ1n) is 8.50. The Bertz CT molecular complexity index is 683. The van der Waals surface area contributed by atoms with Crippen molar-refractivity contribution in [3.05, 3.63) is 29.8 Å². The number of hydrogen-bond donors (Lipinski definition) is 0. The standard InChI is InChI=1S/C19H24N2O2/c1-18(2,3)23-17(22)21-12-19(8-9-19)11-16(21)15-10-13-6-4-5-7-14(13)20-15/h4-7,16H,8-12H2,1-3H3/t16-/m0/s1. The molecule has 1 aliphatic carbocycles. The average Bonchev–Trinajstić information content (AvgIpc) is 2.93. The molecule has 122 valence electrons. The summed E-state index contributed by atoms with van der Waals surface area (Å²) in [6, 6.07) is 8.36. The van der Waals surface area contributed by atoms with Crippen LogP contribution < -0.4 is 0 Å². The number of carbonyl (C=O) groups excluding carboxylic acids is 1. The molecule has 4 nitrogen and oxygen atoms in total. The maximum atomic E-state index is 12.7. The minimum Gasteiger partial charge on any atom is -0.444 e. The van der Waals surface area contributed by atoms with E-state index in [1.807, 2.05) is 31.7 Å². The molecule has 1 spiro atoms. The van der Waals surface area contributed by atoms with Crippen molar-refractivity contribution < 1.29 is 9.53 Å². The van der Waals surface area contributed by atoms with Gasteiger partial charge in [-0.15, -0.1) is 0 Å². The summed E-state index contributed by atoms with van der Waals surface area (Å²) < 4.78 is 5.64. The summed E-state index contributed by atoms with van der Waals surface area (Å²) in [7, 11) is 0. The Labute approximate surface area is 137 Å². The third-order valence-corrected chi connectivity index (χ3v) is 5.11. The second-order valence-electron chi connectivity index (χ2n) is 8.24. The third kappa shape index (κ3) is 2.75. The van der Waals surface area contributed by atoms with Crippen LogP contribution in [0.25, 0.3) is 0 Å². The molecule has 1 atom stereocenters. The SMILES string of the molecule is CC(C)(C)OC(=O)N1CC2(CC2)C[C@H]1C1=Nc2ccccc2C1. The molecule has 1 saturated carbocycles. The molecule has 0 N–H and O–H groups in total. The maximum Gasteiger partial charge on any atom is 0.410 e. The van der Waals surface area contributed by atoms with Gasteiger partial charge < -0.3 is 4.74 Å². The minimum absolute atomic E-state index is 0.0970. The Hall–Kier alpha value is -1.84. The Balaban J connectivity index is 1.58. The molecule has 2 fully saturated rings. The van der Waals surface area contributed by atoms with Crippen LogP contribution in [0.5, 0.6) is 0 Å². The fourth-order valence-electron chi connectivity index (χ4n) is 3.76. The summed E-state index contributed by atoms with van der Waals surface area (Å²) in [6.07, 6.45) is 4.16. The topological polar surface area (TPSA) is 41.9 Å². The number of rotatable bonds is 1. The van der Waals surface area contributed by atoms with Crippen molar-refractivity contribution in [1.82, 2.24) is 4.90 Å². The van der Waals surface area contributed by atoms with Gasteiger partial charge in [0.15, 0.2) is 0 Å². The van der Waals surface area contributed by atoms with Crippen molar-refractivity contribution in [3.8, 4) is 0 Å². The van der Waals surface area contributed by atoms with Crippen molar-refractivity contribution >= 4 is 17.5 Å².